The number of amides is 1. The van der Waals surface area contributed by atoms with Gasteiger partial charge in [-0.3, -0.25) is 9.69 Å². The van der Waals surface area contributed by atoms with Gasteiger partial charge in [-0.05, 0) is 47.1 Å². The second kappa shape index (κ2) is 5.80. The summed E-state index contributed by atoms with van der Waals surface area (Å²) in [6.07, 6.45) is 2.00. The molecule has 2 aliphatic heterocycles. The molecule has 4 nitrogen and oxygen atoms in total. The van der Waals surface area contributed by atoms with Gasteiger partial charge in [-0.1, -0.05) is 0 Å². The maximum absolute atomic E-state index is 12.5. The van der Waals surface area contributed by atoms with Gasteiger partial charge >= 0.3 is 0 Å². The summed E-state index contributed by atoms with van der Waals surface area (Å²) < 4.78 is 0. The first kappa shape index (κ1) is 14.8. The monoisotopic (exact) mass is 267 g/mol. The number of carbonyl (C=O) groups excluding carboxylic acids is 1. The Morgan fingerprint density at radius 2 is 1.79 bits per heavy atom. The highest BCUT2D eigenvalue weighted by Gasteiger charge is 2.32. The second-order valence-corrected chi connectivity index (χ2v) is 7.06. The molecule has 0 radical (unpaired) electrons. The van der Waals surface area contributed by atoms with Crippen molar-refractivity contribution in [3.8, 4) is 0 Å². The predicted octanol–water partition coefficient (Wildman–Crippen LogP) is 1.32. The van der Waals surface area contributed by atoms with E-state index < -0.39 is 0 Å². The van der Waals surface area contributed by atoms with Crippen molar-refractivity contribution in [2.75, 3.05) is 32.7 Å². The van der Waals surface area contributed by atoms with E-state index in [1.807, 2.05) is 0 Å². The first-order valence-corrected chi connectivity index (χ1v) is 7.65. The van der Waals surface area contributed by atoms with Crippen LogP contribution >= 0.6 is 0 Å². The molecule has 0 bridgehead atoms. The van der Waals surface area contributed by atoms with Gasteiger partial charge in [-0.2, -0.15) is 0 Å². The highest BCUT2D eigenvalue weighted by atomic mass is 16.2. The number of hydrogen-bond donors (Lipinski definition) is 1. The van der Waals surface area contributed by atoms with Crippen molar-refractivity contribution in [3.05, 3.63) is 0 Å². The van der Waals surface area contributed by atoms with Crippen LogP contribution in [-0.4, -0.2) is 60.0 Å². The zero-order valence-corrected chi connectivity index (χ0v) is 12.9. The van der Waals surface area contributed by atoms with Gasteiger partial charge in [0.2, 0.25) is 5.91 Å². The van der Waals surface area contributed by atoms with E-state index in [1.54, 1.807) is 0 Å². The lowest BCUT2D eigenvalue weighted by Gasteiger charge is -2.43. The molecule has 0 aliphatic carbocycles. The second-order valence-electron chi connectivity index (χ2n) is 7.06. The lowest BCUT2D eigenvalue weighted by atomic mass is 9.91. The third-order valence-electron chi connectivity index (χ3n) is 4.51. The number of nitrogens with one attached hydrogen (secondary N) is 1. The highest BCUT2D eigenvalue weighted by molar-refractivity contribution is 5.79. The molecule has 19 heavy (non-hydrogen) atoms. The molecule has 2 rings (SSSR count). The maximum Gasteiger partial charge on any atom is 0.225 e. The molecule has 0 spiro atoms. The minimum atomic E-state index is 0.221. The number of piperidine rings is 1. The summed E-state index contributed by atoms with van der Waals surface area (Å²) in [4.78, 5) is 17.1. The molecule has 0 aromatic heterocycles. The molecule has 0 saturated carbocycles. The minimum Gasteiger partial charge on any atom is -0.340 e. The smallest absolute Gasteiger partial charge is 0.225 e. The third-order valence-corrected chi connectivity index (χ3v) is 4.51. The van der Waals surface area contributed by atoms with Crippen molar-refractivity contribution in [3.63, 3.8) is 0 Å². The lowest BCUT2D eigenvalue weighted by Crippen LogP contribution is -2.56. The van der Waals surface area contributed by atoms with E-state index in [4.69, 9.17) is 0 Å². The quantitative estimate of drug-likeness (QED) is 0.778. The van der Waals surface area contributed by atoms with Crippen molar-refractivity contribution in [2.45, 2.75) is 52.1 Å². The van der Waals surface area contributed by atoms with Gasteiger partial charge in [0.25, 0.3) is 0 Å². The average molecular weight is 267 g/mol. The van der Waals surface area contributed by atoms with E-state index in [1.165, 1.54) is 0 Å². The predicted molar refractivity (Wildman–Crippen MR) is 78.1 cm³/mol. The third kappa shape index (κ3) is 3.69. The molecule has 2 unspecified atom stereocenters. The zero-order valence-electron chi connectivity index (χ0n) is 12.9. The number of rotatable bonds is 1. The van der Waals surface area contributed by atoms with Gasteiger partial charge in [-0.25, -0.2) is 0 Å². The van der Waals surface area contributed by atoms with Crippen molar-refractivity contribution >= 4 is 5.91 Å². The fourth-order valence-electron chi connectivity index (χ4n) is 3.21. The summed E-state index contributed by atoms with van der Waals surface area (Å²) >= 11 is 0. The summed E-state index contributed by atoms with van der Waals surface area (Å²) in [6.45, 7) is 13.7. The number of nitrogens with zero attached hydrogens (tertiary/aromatic N) is 2. The van der Waals surface area contributed by atoms with E-state index >= 15 is 0 Å². The number of hydrogen-bond acceptors (Lipinski definition) is 3. The Bertz CT molecular complexity index is 316. The van der Waals surface area contributed by atoms with Crippen LogP contribution in [0.3, 0.4) is 0 Å². The average Bonchev–Trinajstić information content (AvgIpc) is 2.37. The van der Waals surface area contributed by atoms with Crippen LogP contribution in [0.5, 0.6) is 0 Å². The molecule has 2 aliphatic rings. The Kier molecular flexibility index (Phi) is 4.51. The van der Waals surface area contributed by atoms with Crippen molar-refractivity contribution in [1.29, 1.82) is 0 Å². The van der Waals surface area contributed by atoms with Crippen LogP contribution in [0.1, 0.15) is 40.5 Å². The summed E-state index contributed by atoms with van der Waals surface area (Å²) in [5, 5.41) is 3.42. The van der Waals surface area contributed by atoms with Crippen LogP contribution in [0.15, 0.2) is 0 Å². The summed E-state index contributed by atoms with van der Waals surface area (Å²) in [5.41, 5.74) is 0.221. The van der Waals surface area contributed by atoms with Crippen molar-refractivity contribution < 1.29 is 4.79 Å². The molecule has 0 aromatic carbocycles. The van der Waals surface area contributed by atoms with Crippen LogP contribution in [0.25, 0.3) is 0 Å². The molecule has 4 heteroatoms. The van der Waals surface area contributed by atoms with E-state index in [0.29, 0.717) is 11.9 Å². The molecule has 110 valence electrons. The Morgan fingerprint density at radius 3 is 2.32 bits per heavy atom. The molecule has 2 heterocycles. The molecule has 1 amide bonds. The van der Waals surface area contributed by atoms with Gasteiger partial charge < -0.3 is 10.2 Å². The van der Waals surface area contributed by atoms with E-state index in [0.717, 1.165) is 45.6 Å². The van der Waals surface area contributed by atoms with E-state index in [-0.39, 0.29) is 11.5 Å². The van der Waals surface area contributed by atoms with Crippen LogP contribution in [0, 0.1) is 5.92 Å². The van der Waals surface area contributed by atoms with Gasteiger partial charge in [0, 0.05) is 43.7 Å². The summed E-state index contributed by atoms with van der Waals surface area (Å²) in [7, 11) is 0. The Balaban J connectivity index is 1.85. The largest absolute Gasteiger partial charge is 0.340 e. The van der Waals surface area contributed by atoms with Crippen molar-refractivity contribution in [2.24, 2.45) is 5.92 Å². The zero-order chi connectivity index (χ0) is 14.0. The number of piperazine rings is 1. The summed E-state index contributed by atoms with van der Waals surface area (Å²) in [6, 6.07) is 0.485. The first-order chi connectivity index (χ1) is 8.88. The maximum atomic E-state index is 12.5. The Morgan fingerprint density at radius 1 is 1.16 bits per heavy atom. The lowest BCUT2D eigenvalue weighted by molar-refractivity contribution is -0.139. The van der Waals surface area contributed by atoms with Gasteiger partial charge in [0.1, 0.15) is 0 Å². The Labute approximate surface area is 117 Å². The Hall–Kier alpha value is -0.610. The fraction of sp³-hybridized carbons (Fsp3) is 0.933. The molecule has 1 N–H and O–H groups in total. The van der Waals surface area contributed by atoms with Crippen LogP contribution < -0.4 is 5.32 Å². The molecule has 2 atom stereocenters. The molecular formula is C15H29N3O. The molecular weight excluding hydrogens is 238 g/mol. The van der Waals surface area contributed by atoms with E-state index in [9.17, 15) is 4.79 Å². The summed E-state index contributed by atoms with van der Waals surface area (Å²) in [5.74, 6) is 0.638. The fourth-order valence-corrected chi connectivity index (χ4v) is 3.21. The molecule has 0 aromatic rings. The molecule has 2 fully saturated rings. The van der Waals surface area contributed by atoms with Crippen LogP contribution in [0.2, 0.25) is 0 Å². The molecule has 2 saturated heterocycles. The van der Waals surface area contributed by atoms with E-state index in [2.05, 4.69) is 42.8 Å². The topological polar surface area (TPSA) is 35.6 Å². The first-order valence-electron chi connectivity index (χ1n) is 7.65. The van der Waals surface area contributed by atoms with Crippen molar-refractivity contribution in [1.82, 2.24) is 15.1 Å². The number of carbonyl (C=O) groups is 1. The minimum absolute atomic E-state index is 0.221. The van der Waals surface area contributed by atoms with Crippen LogP contribution in [0.4, 0.5) is 0 Å². The van der Waals surface area contributed by atoms with Gasteiger partial charge in [0.05, 0.1) is 0 Å². The van der Waals surface area contributed by atoms with Gasteiger partial charge in [0.15, 0.2) is 0 Å². The normalized spacial score (nSPS) is 30.4. The highest BCUT2D eigenvalue weighted by Crippen LogP contribution is 2.21. The standard InChI is InChI=1S/C15H29N3O/c1-12-11-13(5-6-16-12)14(19)17-7-9-18(10-8-17)15(2,3)4/h12-13,16H,5-11H2,1-4H3. The van der Waals surface area contributed by atoms with Gasteiger partial charge in [-0.15, -0.1) is 0 Å². The van der Waals surface area contributed by atoms with Crippen LogP contribution in [-0.2, 0) is 4.79 Å². The SMILES string of the molecule is CC1CC(C(=O)N2CCN(C(C)(C)C)CC2)CCN1.